The Balaban J connectivity index is 2.60. The predicted octanol–water partition coefficient (Wildman–Crippen LogP) is 0.571. The van der Waals surface area contributed by atoms with Crippen molar-refractivity contribution in [1.82, 2.24) is 14.8 Å². The van der Waals surface area contributed by atoms with Gasteiger partial charge in [0.05, 0.1) is 31.0 Å². The summed E-state index contributed by atoms with van der Waals surface area (Å²) in [5, 5.41) is 2.74. The van der Waals surface area contributed by atoms with Crippen molar-refractivity contribution in [3.63, 3.8) is 0 Å². The summed E-state index contributed by atoms with van der Waals surface area (Å²) in [5.74, 6) is -0.282. The van der Waals surface area contributed by atoms with Gasteiger partial charge in [0, 0.05) is 19.3 Å². The van der Waals surface area contributed by atoms with E-state index in [2.05, 4.69) is 14.8 Å². The third-order valence-corrected chi connectivity index (χ3v) is 2.65. The molecule has 0 aliphatic heterocycles. The minimum absolute atomic E-state index is 0.237. The Labute approximate surface area is 108 Å². The van der Waals surface area contributed by atoms with Gasteiger partial charge in [0.15, 0.2) is 0 Å². The third-order valence-electron chi connectivity index (χ3n) is 2.65. The lowest BCUT2D eigenvalue weighted by Gasteiger charge is -2.05. The average molecular weight is 263 g/mol. The zero-order chi connectivity index (χ0) is 14.0. The number of carbonyl (C=O) groups is 1. The highest BCUT2D eigenvalue weighted by Gasteiger charge is 2.14. The molecule has 7 heteroatoms. The van der Waals surface area contributed by atoms with E-state index in [1.165, 1.54) is 37.2 Å². The second-order valence-electron chi connectivity index (χ2n) is 3.83. The van der Waals surface area contributed by atoms with Crippen LogP contribution in [0.1, 0.15) is 10.4 Å². The molecule has 0 aliphatic rings. The van der Waals surface area contributed by atoms with E-state index in [1.807, 2.05) is 0 Å². The SMILES string of the molecule is COC(=O)c1cc(OC)nc(-c2c[nH]n(C)c2=O)c1. The van der Waals surface area contributed by atoms with Gasteiger partial charge in [-0.3, -0.25) is 9.48 Å². The highest BCUT2D eigenvalue weighted by molar-refractivity contribution is 5.90. The van der Waals surface area contributed by atoms with Crippen LogP contribution in [0.25, 0.3) is 11.3 Å². The normalized spacial score (nSPS) is 10.3. The first kappa shape index (κ1) is 12.9. The summed E-state index contributed by atoms with van der Waals surface area (Å²) in [4.78, 5) is 27.6. The van der Waals surface area contributed by atoms with Gasteiger partial charge in [0.1, 0.15) is 0 Å². The Morgan fingerprint density at radius 3 is 2.63 bits per heavy atom. The van der Waals surface area contributed by atoms with E-state index in [0.29, 0.717) is 11.3 Å². The monoisotopic (exact) mass is 263 g/mol. The molecule has 0 atom stereocenters. The van der Waals surface area contributed by atoms with Crippen LogP contribution in [0.2, 0.25) is 0 Å². The molecule has 0 aromatic carbocycles. The molecule has 19 heavy (non-hydrogen) atoms. The Morgan fingerprint density at radius 1 is 1.37 bits per heavy atom. The topological polar surface area (TPSA) is 86.2 Å². The van der Waals surface area contributed by atoms with Crippen molar-refractivity contribution in [2.75, 3.05) is 14.2 Å². The van der Waals surface area contributed by atoms with Gasteiger partial charge in [-0.25, -0.2) is 9.78 Å². The maximum atomic E-state index is 11.9. The number of hydrogen-bond acceptors (Lipinski definition) is 5. The molecule has 7 nitrogen and oxygen atoms in total. The predicted molar refractivity (Wildman–Crippen MR) is 67.2 cm³/mol. The van der Waals surface area contributed by atoms with Crippen LogP contribution >= 0.6 is 0 Å². The van der Waals surface area contributed by atoms with E-state index >= 15 is 0 Å². The maximum Gasteiger partial charge on any atom is 0.338 e. The minimum Gasteiger partial charge on any atom is -0.481 e. The number of methoxy groups -OCH3 is 2. The van der Waals surface area contributed by atoms with Crippen molar-refractivity contribution in [3.05, 3.63) is 34.2 Å². The standard InChI is InChI=1S/C12H13N3O4/c1-15-11(16)8(6-13-15)9-4-7(12(17)19-3)5-10(14-9)18-2/h4-6,13H,1-3H3. The van der Waals surface area contributed by atoms with Crippen LogP contribution < -0.4 is 10.3 Å². The first-order valence-corrected chi connectivity index (χ1v) is 5.46. The number of aromatic amines is 1. The Morgan fingerprint density at radius 2 is 2.11 bits per heavy atom. The van der Waals surface area contributed by atoms with Gasteiger partial charge in [0.25, 0.3) is 5.56 Å². The molecule has 0 fully saturated rings. The number of hydrogen-bond donors (Lipinski definition) is 1. The highest BCUT2D eigenvalue weighted by atomic mass is 16.5. The van der Waals surface area contributed by atoms with Crippen LogP contribution in [-0.4, -0.2) is 35.0 Å². The van der Waals surface area contributed by atoms with E-state index in [9.17, 15) is 9.59 Å². The van der Waals surface area contributed by atoms with Crippen LogP contribution in [0.5, 0.6) is 5.88 Å². The van der Waals surface area contributed by atoms with Gasteiger partial charge in [0.2, 0.25) is 5.88 Å². The Kier molecular flexibility index (Phi) is 3.37. The van der Waals surface area contributed by atoms with Crippen molar-refractivity contribution in [3.8, 4) is 17.1 Å². The Hall–Kier alpha value is -2.57. The van der Waals surface area contributed by atoms with Crippen molar-refractivity contribution >= 4 is 5.97 Å². The highest BCUT2D eigenvalue weighted by Crippen LogP contribution is 2.20. The van der Waals surface area contributed by atoms with Gasteiger partial charge < -0.3 is 14.6 Å². The zero-order valence-electron chi connectivity index (χ0n) is 10.8. The summed E-state index contributed by atoms with van der Waals surface area (Å²) in [5.41, 5.74) is 0.734. The van der Waals surface area contributed by atoms with Crippen LogP contribution in [0.15, 0.2) is 23.1 Å². The van der Waals surface area contributed by atoms with E-state index in [1.54, 1.807) is 7.05 Å². The molecule has 0 bridgehead atoms. The molecule has 100 valence electrons. The third kappa shape index (κ3) is 2.35. The van der Waals surface area contributed by atoms with Crippen molar-refractivity contribution in [2.45, 2.75) is 0 Å². The lowest BCUT2D eigenvalue weighted by molar-refractivity contribution is 0.0600. The molecule has 0 radical (unpaired) electrons. The fourth-order valence-electron chi connectivity index (χ4n) is 1.63. The summed E-state index contributed by atoms with van der Waals surface area (Å²) < 4.78 is 11.0. The molecule has 0 unspecified atom stereocenters. The molecule has 1 N–H and O–H groups in total. The number of H-pyrrole nitrogens is 1. The second kappa shape index (κ2) is 4.97. The number of nitrogens with one attached hydrogen (secondary N) is 1. The number of rotatable bonds is 3. The summed E-state index contributed by atoms with van der Waals surface area (Å²) in [7, 11) is 4.31. The summed E-state index contributed by atoms with van der Waals surface area (Å²) in [6.45, 7) is 0. The number of aromatic nitrogens is 3. The molecule has 2 aromatic rings. The maximum absolute atomic E-state index is 11.9. The van der Waals surface area contributed by atoms with Gasteiger partial charge >= 0.3 is 5.97 Å². The number of esters is 1. The summed E-state index contributed by atoms with van der Waals surface area (Å²) >= 11 is 0. The Bertz CT molecular complexity index is 672. The van der Waals surface area contributed by atoms with Gasteiger partial charge in [-0.2, -0.15) is 0 Å². The molecular weight excluding hydrogens is 250 g/mol. The number of ether oxygens (including phenoxy) is 2. The van der Waals surface area contributed by atoms with Crippen molar-refractivity contribution in [2.24, 2.45) is 7.05 Å². The number of aryl methyl sites for hydroxylation is 1. The molecular formula is C12H13N3O4. The largest absolute Gasteiger partial charge is 0.481 e. The molecule has 0 saturated carbocycles. The van der Waals surface area contributed by atoms with Crippen LogP contribution in [0.4, 0.5) is 0 Å². The fraction of sp³-hybridized carbons (Fsp3) is 0.250. The first-order chi connectivity index (χ1) is 9.06. The molecule has 2 heterocycles. The fourth-order valence-corrected chi connectivity index (χ4v) is 1.63. The number of pyridine rings is 1. The summed E-state index contributed by atoms with van der Waals surface area (Å²) in [6, 6.07) is 2.94. The zero-order valence-corrected chi connectivity index (χ0v) is 10.8. The second-order valence-corrected chi connectivity index (χ2v) is 3.83. The van der Waals surface area contributed by atoms with Gasteiger partial charge in [-0.05, 0) is 6.07 Å². The van der Waals surface area contributed by atoms with Crippen molar-refractivity contribution < 1.29 is 14.3 Å². The number of nitrogens with zero attached hydrogens (tertiary/aromatic N) is 2. The van der Waals surface area contributed by atoms with Gasteiger partial charge in [-0.15, -0.1) is 0 Å². The smallest absolute Gasteiger partial charge is 0.338 e. The van der Waals surface area contributed by atoms with Gasteiger partial charge in [-0.1, -0.05) is 0 Å². The first-order valence-electron chi connectivity index (χ1n) is 5.46. The average Bonchev–Trinajstić information content (AvgIpc) is 2.77. The number of carbonyl (C=O) groups excluding carboxylic acids is 1. The molecule has 2 aromatic heterocycles. The molecule has 2 rings (SSSR count). The van der Waals surface area contributed by atoms with E-state index in [-0.39, 0.29) is 17.0 Å². The molecule has 0 aliphatic carbocycles. The van der Waals surface area contributed by atoms with Crippen LogP contribution in [-0.2, 0) is 11.8 Å². The van der Waals surface area contributed by atoms with E-state index in [0.717, 1.165) is 0 Å². The lowest BCUT2D eigenvalue weighted by atomic mass is 10.1. The molecule has 0 spiro atoms. The van der Waals surface area contributed by atoms with Crippen LogP contribution in [0.3, 0.4) is 0 Å². The quantitative estimate of drug-likeness (QED) is 0.818. The van der Waals surface area contributed by atoms with Crippen LogP contribution in [0, 0.1) is 0 Å². The lowest BCUT2D eigenvalue weighted by Crippen LogP contribution is -2.14. The minimum atomic E-state index is -0.519. The van der Waals surface area contributed by atoms with Crippen molar-refractivity contribution in [1.29, 1.82) is 0 Å². The summed E-state index contributed by atoms with van der Waals surface area (Å²) in [6.07, 6.45) is 1.52. The van der Waals surface area contributed by atoms with E-state index < -0.39 is 5.97 Å². The van der Waals surface area contributed by atoms with E-state index in [4.69, 9.17) is 4.74 Å². The molecule has 0 saturated heterocycles. The molecule has 0 amide bonds.